The van der Waals surface area contributed by atoms with Gasteiger partial charge in [0, 0.05) is 24.7 Å². The van der Waals surface area contributed by atoms with Gasteiger partial charge in [0.1, 0.15) is 0 Å². The normalized spacial score (nSPS) is 29.2. The number of carbonyl (C=O) groups is 2. The molecule has 0 unspecified atom stereocenters. The van der Waals surface area contributed by atoms with Gasteiger partial charge in [0.05, 0.1) is 11.5 Å². The van der Waals surface area contributed by atoms with Crippen LogP contribution in [0.3, 0.4) is 0 Å². The third-order valence-corrected chi connectivity index (χ3v) is 8.87. The van der Waals surface area contributed by atoms with Crippen molar-refractivity contribution in [2.75, 3.05) is 26.2 Å². The van der Waals surface area contributed by atoms with Crippen LogP contribution in [0.15, 0.2) is 24.3 Å². The summed E-state index contributed by atoms with van der Waals surface area (Å²) in [6.07, 6.45) is 10.4. The van der Waals surface area contributed by atoms with Gasteiger partial charge in [-0.1, -0.05) is 51.3 Å². The topological polar surface area (TPSA) is 52.7 Å². The van der Waals surface area contributed by atoms with Crippen molar-refractivity contribution in [3.8, 4) is 0 Å². The Balaban J connectivity index is 1.42. The van der Waals surface area contributed by atoms with Gasteiger partial charge in [-0.05, 0) is 75.1 Å². The summed E-state index contributed by atoms with van der Waals surface area (Å²) in [7, 11) is 0. The molecule has 5 nitrogen and oxygen atoms in total. The zero-order chi connectivity index (χ0) is 23.0. The molecule has 1 spiro atoms. The Kier molecular flexibility index (Phi) is 6.52. The molecule has 1 aliphatic carbocycles. The maximum Gasteiger partial charge on any atom is 0.254 e. The number of hydrogen-bond donors (Lipinski definition) is 1. The van der Waals surface area contributed by atoms with Crippen LogP contribution < -0.4 is 5.32 Å². The zero-order valence-electron chi connectivity index (χ0n) is 20.5. The van der Waals surface area contributed by atoms with Gasteiger partial charge >= 0.3 is 0 Å². The molecule has 3 heterocycles. The van der Waals surface area contributed by atoms with Crippen molar-refractivity contribution in [3.05, 3.63) is 35.4 Å². The summed E-state index contributed by atoms with van der Waals surface area (Å²) in [6, 6.07) is 8.52. The number of fused-ring (bicyclic) bond motifs is 2. The van der Waals surface area contributed by atoms with Crippen LogP contribution in [0.2, 0.25) is 0 Å². The molecule has 4 aliphatic rings. The lowest BCUT2D eigenvalue weighted by Crippen LogP contribution is -2.61. The minimum atomic E-state index is -0.372. The molecule has 33 heavy (non-hydrogen) atoms. The molecule has 180 valence electrons. The quantitative estimate of drug-likeness (QED) is 0.713. The van der Waals surface area contributed by atoms with Gasteiger partial charge in [-0.3, -0.25) is 9.59 Å². The predicted octanol–water partition coefficient (Wildman–Crippen LogP) is 4.58. The molecule has 0 bridgehead atoms. The average molecular weight is 452 g/mol. The highest BCUT2D eigenvalue weighted by Crippen LogP contribution is 2.50. The first-order chi connectivity index (χ1) is 16.0. The molecular weight excluding hydrogens is 410 g/mol. The lowest BCUT2D eigenvalue weighted by molar-refractivity contribution is -0.127. The van der Waals surface area contributed by atoms with E-state index in [2.05, 4.69) is 29.0 Å². The van der Waals surface area contributed by atoms with E-state index in [0.29, 0.717) is 17.9 Å². The number of hydrogen-bond acceptors (Lipinski definition) is 3. The van der Waals surface area contributed by atoms with Crippen molar-refractivity contribution in [1.29, 1.82) is 0 Å². The van der Waals surface area contributed by atoms with Crippen LogP contribution in [0.5, 0.6) is 0 Å². The van der Waals surface area contributed by atoms with Gasteiger partial charge in [-0.15, -0.1) is 0 Å². The number of nitrogens with one attached hydrogen (secondary N) is 1. The van der Waals surface area contributed by atoms with Crippen LogP contribution in [0, 0.1) is 11.8 Å². The van der Waals surface area contributed by atoms with Crippen molar-refractivity contribution >= 4 is 11.8 Å². The fourth-order valence-corrected chi connectivity index (χ4v) is 7.45. The molecule has 1 N–H and O–H groups in total. The third kappa shape index (κ3) is 4.11. The molecule has 0 radical (unpaired) electrons. The molecule has 5 rings (SSSR count). The Morgan fingerprint density at radius 2 is 1.82 bits per heavy atom. The van der Waals surface area contributed by atoms with Gasteiger partial charge in [0.2, 0.25) is 5.91 Å². The summed E-state index contributed by atoms with van der Waals surface area (Å²) in [6.45, 7) is 8.28. The zero-order valence-corrected chi connectivity index (χ0v) is 20.5. The maximum atomic E-state index is 14.0. The molecule has 0 aromatic heterocycles. The van der Waals surface area contributed by atoms with Crippen LogP contribution in [0.25, 0.3) is 0 Å². The Labute approximate surface area is 199 Å². The number of piperidine rings is 2. The molecule has 3 atom stereocenters. The summed E-state index contributed by atoms with van der Waals surface area (Å²) in [5.74, 6) is 0.919. The monoisotopic (exact) mass is 451 g/mol. The molecule has 3 fully saturated rings. The number of rotatable bonds is 5. The largest absolute Gasteiger partial charge is 0.355 e. The summed E-state index contributed by atoms with van der Waals surface area (Å²) in [4.78, 5) is 32.4. The number of benzene rings is 1. The van der Waals surface area contributed by atoms with Gasteiger partial charge in [0.25, 0.3) is 5.91 Å². The van der Waals surface area contributed by atoms with Gasteiger partial charge in [-0.25, -0.2) is 0 Å². The number of amides is 2. The SMILES string of the molecule is CC(C)CN1C(=O)c2ccccc2[C@@H](C(=O)NC[C@H]2CCCN3CCCC[C@H]23)C12CCCC2. The first-order valence-electron chi connectivity index (χ1n) is 13.4. The number of nitrogens with zero attached hydrogens (tertiary/aromatic N) is 2. The van der Waals surface area contributed by atoms with E-state index < -0.39 is 0 Å². The second-order valence-corrected chi connectivity index (χ2v) is 11.4. The minimum Gasteiger partial charge on any atom is -0.355 e. The summed E-state index contributed by atoms with van der Waals surface area (Å²) in [5, 5.41) is 3.43. The van der Waals surface area contributed by atoms with Crippen molar-refractivity contribution in [3.63, 3.8) is 0 Å². The number of carbonyl (C=O) groups excluding carboxylic acids is 2. The fourth-order valence-electron chi connectivity index (χ4n) is 7.45. The van der Waals surface area contributed by atoms with E-state index in [4.69, 9.17) is 0 Å². The summed E-state index contributed by atoms with van der Waals surface area (Å²) >= 11 is 0. The molecule has 2 amide bonds. The Morgan fingerprint density at radius 1 is 1.06 bits per heavy atom. The molecule has 1 aromatic rings. The van der Waals surface area contributed by atoms with E-state index in [1.165, 1.54) is 45.2 Å². The molecular formula is C28H41N3O2. The van der Waals surface area contributed by atoms with Crippen LogP contribution in [-0.2, 0) is 4.79 Å². The Hall–Kier alpha value is -1.88. The van der Waals surface area contributed by atoms with Crippen LogP contribution >= 0.6 is 0 Å². The minimum absolute atomic E-state index is 0.121. The van der Waals surface area contributed by atoms with Crippen LogP contribution in [0.1, 0.15) is 93.5 Å². The summed E-state index contributed by atoms with van der Waals surface area (Å²) in [5.41, 5.74) is 1.31. The predicted molar refractivity (Wildman–Crippen MR) is 131 cm³/mol. The van der Waals surface area contributed by atoms with Gasteiger partial charge < -0.3 is 15.1 Å². The van der Waals surface area contributed by atoms with Crippen molar-refractivity contribution in [2.24, 2.45) is 11.8 Å². The molecule has 1 aromatic carbocycles. The van der Waals surface area contributed by atoms with E-state index >= 15 is 0 Å². The maximum absolute atomic E-state index is 14.0. The van der Waals surface area contributed by atoms with Crippen molar-refractivity contribution in [2.45, 2.75) is 89.1 Å². The molecule has 3 aliphatic heterocycles. The first kappa shape index (κ1) is 22.9. The molecule has 5 heteroatoms. The van der Waals surface area contributed by atoms with Crippen molar-refractivity contribution in [1.82, 2.24) is 15.1 Å². The molecule has 2 saturated heterocycles. The van der Waals surface area contributed by atoms with E-state index in [1.807, 2.05) is 24.3 Å². The van der Waals surface area contributed by atoms with E-state index in [0.717, 1.165) is 49.9 Å². The fraction of sp³-hybridized carbons (Fsp3) is 0.714. The van der Waals surface area contributed by atoms with E-state index in [-0.39, 0.29) is 23.3 Å². The third-order valence-electron chi connectivity index (χ3n) is 8.87. The highest BCUT2D eigenvalue weighted by Gasteiger charge is 2.55. The highest BCUT2D eigenvalue weighted by atomic mass is 16.2. The van der Waals surface area contributed by atoms with Crippen molar-refractivity contribution < 1.29 is 9.59 Å². The van der Waals surface area contributed by atoms with Crippen LogP contribution in [-0.4, -0.2) is 59.4 Å². The Morgan fingerprint density at radius 3 is 2.61 bits per heavy atom. The summed E-state index contributed by atoms with van der Waals surface area (Å²) < 4.78 is 0. The van der Waals surface area contributed by atoms with Gasteiger partial charge in [-0.2, -0.15) is 0 Å². The Bertz CT molecular complexity index is 874. The van der Waals surface area contributed by atoms with E-state index in [9.17, 15) is 9.59 Å². The highest BCUT2D eigenvalue weighted by molar-refractivity contribution is 6.02. The van der Waals surface area contributed by atoms with E-state index in [1.54, 1.807) is 0 Å². The van der Waals surface area contributed by atoms with Gasteiger partial charge in [0.15, 0.2) is 0 Å². The first-order valence-corrected chi connectivity index (χ1v) is 13.4. The molecule has 1 saturated carbocycles. The van der Waals surface area contributed by atoms with Crippen LogP contribution in [0.4, 0.5) is 0 Å². The second-order valence-electron chi connectivity index (χ2n) is 11.4. The lowest BCUT2D eigenvalue weighted by Gasteiger charge is -2.51. The average Bonchev–Trinajstić information content (AvgIpc) is 3.30. The second kappa shape index (κ2) is 9.40. The standard InChI is InChI=1S/C28H41N3O2/c1-20(2)19-31-27(33)23-12-4-3-11-22(23)25(28(31)14-6-7-15-28)26(32)29-18-21-10-9-17-30-16-8-5-13-24(21)30/h3-4,11-12,20-21,24-25H,5-10,13-19H2,1-2H3,(H,29,32)/t21-,24-,25+/m1/s1. The lowest BCUT2D eigenvalue weighted by atomic mass is 9.70. The smallest absolute Gasteiger partial charge is 0.254 e.